The molecule has 3 heteroatoms. The molecule has 35 heavy (non-hydrogen) atoms. The van der Waals surface area contributed by atoms with Crippen molar-refractivity contribution in [1.29, 1.82) is 0 Å². The smallest absolute Gasteiger partial charge is 0.309 e. The number of aliphatic hydroxyl groups is 1. The molecule has 0 amide bonds. The van der Waals surface area contributed by atoms with E-state index in [-0.39, 0.29) is 11.5 Å². The molecule has 5 rings (SSSR count). The van der Waals surface area contributed by atoms with E-state index in [1.165, 1.54) is 32.1 Å². The third-order valence-corrected chi connectivity index (χ3v) is 12.3. The van der Waals surface area contributed by atoms with Crippen molar-refractivity contribution in [2.24, 2.45) is 57.2 Å². The van der Waals surface area contributed by atoms with Gasteiger partial charge in [-0.25, -0.2) is 0 Å². The number of aliphatic hydroxyl groups excluding tert-OH is 1. The standard InChI is InChI=1S/C27H44O3.C3H6.C2H6/c1-16-8-14-27(23(29)30)15-9-18-17(22(16)27)6-7-20-25(18,4)12-10-19-24(2,3)21(28)11-13-26(19,20)5;1-3-2;1-2/h16-22,28H,6-15H2,1-5H3,(H,29,30);3H,1H2,2H3;1-2H3. The molecule has 0 spiro atoms. The number of carboxylic acid groups (broad SMARTS) is 1. The number of hydrogen-bond donors (Lipinski definition) is 2. The zero-order valence-corrected chi connectivity index (χ0v) is 24.2. The third-order valence-electron chi connectivity index (χ3n) is 12.3. The van der Waals surface area contributed by atoms with Gasteiger partial charge in [0.15, 0.2) is 0 Å². The third kappa shape index (κ3) is 4.15. The van der Waals surface area contributed by atoms with Gasteiger partial charge in [0.1, 0.15) is 0 Å². The highest BCUT2D eigenvalue weighted by molar-refractivity contribution is 5.76. The van der Waals surface area contributed by atoms with E-state index in [0.29, 0.717) is 40.4 Å². The average Bonchev–Trinajstić information content (AvgIpc) is 3.16. The molecule has 0 saturated heterocycles. The molecule has 0 radical (unpaired) electrons. The lowest BCUT2D eigenvalue weighted by atomic mass is 9.36. The maximum absolute atomic E-state index is 12.5. The molecule has 10 unspecified atom stereocenters. The van der Waals surface area contributed by atoms with Crippen LogP contribution >= 0.6 is 0 Å². The summed E-state index contributed by atoms with van der Waals surface area (Å²) in [6, 6.07) is 0. The Morgan fingerprint density at radius 3 is 2.03 bits per heavy atom. The Bertz CT molecular complexity index is 773. The summed E-state index contributed by atoms with van der Waals surface area (Å²) in [6.07, 6.45) is 12.8. The van der Waals surface area contributed by atoms with Crippen LogP contribution in [0.15, 0.2) is 12.7 Å². The predicted octanol–water partition coefficient (Wildman–Crippen LogP) is 8.36. The Morgan fingerprint density at radius 2 is 1.43 bits per heavy atom. The van der Waals surface area contributed by atoms with E-state index in [9.17, 15) is 15.0 Å². The Balaban J connectivity index is 0.000000638. The van der Waals surface area contributed by atoms with Crippen LogP contribution in [-0.4, -0.2) is 22.3 Å². The highest BCUT2D eigenvalue weighted by Crippen LogP contribution is 2.73. The monoisotopic (exact) mass is 488 g/mol. The summed E-state index contributed by atoms with van der Waals surface area (Å²) in [5, 5.41) is 21.1. The maximum atomic E-state index is 12.5. The van der Waals surface area contributed by atoms with E-state index in [4.69, 9.17) is 0 Å². The molecule has 0 aliphatic heterocycles. The Morgan fingerprint density at radius 1 is 0.857 bits per heavy atom. The van der Waals surface area contributed by atoms with Crippen LogP contribution in [0.4, 0.5) is 0 Å². The first-order valence-corrected chi connectivity index (χ1v) is 14.9. The summed E-state index contributed by atoms with van der Waals surface area (Å²) in [4.78, 5) is 12.5. The number of fused-ring (bicyclic) bond motifs is 7. The normalized spacial score (nSPS) is 49.3. The van der Waals surface area contributed by atoms with E-state index in [0.717, 1.165) is 38.0 Å². The fourth-order valence-corrected chi connectivity index (χ4v) is 11.0. The molecule has 10 atom stereocenters. The first-order chi connectivity index (χ1) is 16.4. The van der Waals surface area contributed by atoms with Crippen LogP contribution in [0.25, 0.3) is 0 Å². The van der Waals surface area contributed by atoms with Crippen LogP contribution in [0.2, 0.25) is 0 Å². The number of carboxylic acids is 1. The molecular weight excluding hydrogens is 432 g/mol. The molecule has 2 N–H and O–H groups in total. The molecule has 0 aromatic rings. The Hall–Kier alpha value is -0.830. The Labute approximate surface area is 216 Å². The largest absolute Gasteiger partial charge is 0.481 e. The molecule has 0 aromatic heterocycles. The molecule has 5 saturated carbocycles. The molecule has 5 aliphatic rings. The molecule has 5 aliphatic carbocycles. The van der Waals surface area contributed by atoms with Crippen LogP contribution in [0.5, 0.6) is 0 Å². The SMILES string of the molecule is C=CC.CC.CC1CCC2(C(=O)O)CCC3C(CCC4C3(C)CCC3C(C)(C)C(O)CCC34C)C12. The number of rotatable bonds is 1. The lowest BCUT2D eigenvalue weighted by Gasteiger charge is -2.69. The van der Waals surface area contributed by atoms with Gasteiger partial charge >= 0.3 is 5.97 Å². The predicted molar refractivity (Wildman–Crippen MR) is 146 cm³/mol. The fraction of sp³-hybridized carbons (Fsp3) is 0.906. The zero-order chi connectivity index (χ0) is 26.4. The summed E-state index contributed by atoms with van der Waals surface area (Å²) >= 11 is 0. The average molecular weight is 489 g/mol. The fourth-order valence-electron chi connectivity index (χ4n) is 11.0. The minimum absolute atomic E-state index is 0.0101. The van der Waals surface area contributed by atoms with Gasteiger partial charge in [0.25, 0.3) is 0 Å². The van der Waals surface area contributed by atoms with Gasteiger partial charge in [-0.1, -0.05) is 54.5 Å². The van der Waals surface area contributed by atoms with Crippen LogP contribution in [0.3, 0.4) is 0 Å². The van der Waals surface area contributed by atoms with Gasteiger partial charge in [-0.05, 0) is 123 Å². The highest BCUT2D eigenvalue weighted by Gasteiger charge is 2.67. The molecule has 3 nitrogen and oxygen atoms in total. The second kappa shape index (κ2) is 10.1. The van der Waals surface area contributed by atoms with Gasteiger partial charge in [0.2, 0.25) is 0 Å². The van der Waals surface area contributed by atoms with Crippen molar-refractivity contribution in [2.45, 2.75) is 126 Å². The van der Waals surface area contributed by atoms with E-state index < -0.39 is 11.4 Å². The highest BCUT2D eigenvalue weighted by atomic mass is 16.4. The van der Waals surface area contributed by atoms with Gasteiger partial charge < -0.3 is 10.2 Å². The minimum Gasteiger partial charge on any atom is -0.481 e. The summed E-state index contributed by atoms with van der Waals surface area (Å²) in [7, 11) is 0. The van der Waals surface area contributed by atoms with E-state index in [1.54, 1.807) is 6.08 Å². The first-order valence-electron chi connectivity index (χ1n) is 14.9. The summed E-state index contributed by atoms with van der Waals surface area (Å²) in [5.41, 5.74) is 0.251. The van der Waals surface area contributed by atoms with Crippen LogP contribution in [-0.2, 0) is 4.79 Å². The van der Waals surface area contributed by atoms with Crippen molar-refractivity contribution in [1.82, 2.24) is 0 Å². The maximum Gasteiger partial charge on any atom is 0.309 e. The number of hydrogen-bond acceptors (Lipinski definition) is 2. The summed E-state index contributed by atoms with van der Waals surface area (Å²) < 4.78 is 0. The first kappa shape index (κ1) is 28.7. The molecule has 5 fully saturated rings. The summed E-state index contributed by atoms with van der Waals surface area (Å²) in [5.74, 6) is 3.09. The molecular formula is C32H56O3. The van der Waals surface area contributed by atoms with Crippen molar-refractivity contribution in [3.05, 3.63) is 12.7 Å². The van der Waals surface area contributed by atoms with Gasteiger partial charge in [0, 0.05) is 0 Å². The minimum atomic E-state index is -0.499. The van der Waals surface area contributed by atoms with E-state index in [2.05, 4.69) is 41.2 Å². The van der Waals surface area contributed by atoms with Gasteiger partial charge in [0.05, 0.1) is 11.5 Å². The summed E-state index contributed by atoms with van der Waals surface area (Å²) in [6.45, 7) is 21.4. The molecule has 0 aromatic carbocycles. The number of allylic oxidation sites excluding steroid dienone is 1. The van der Waals surface area contributed by atoms with E-state index in [1.807, 2.05) is 20.8 Å². The van der Waals surface area contributed by atoms with Gasteiger partial charge in [-0.3, -0.25) is 4.79 Å². The van der Waals surface area contributed by atoms with Gasteiger partial charge in [-0.15, -0.1) is 6.58 Å². The second-order valence-electron chi connectivity index (χ2n) is 13.8. The van der Waals surface area contributed by atoms with Crippen molar-refractivity contribution in [2.75, 3.05) is 0 Å². The number of aliphatic carboxylic acids is 1. The van der Waals surface area contributed by atoms with Gasteiger partial charge in [-0.2, -0.15) is 0 Å². The molecule has 202 valence electrons. The van der Waals surface area contributed by atoms with Crippen molar-refractivity contribution in [3.8, 4) is 0 Å². The topological polar surface area (TPSA) is 57.5 Å². The Kier molecular flexibility index (Phi) is 8.33. The van der Waals surface area contributed by atoms with Crippen molar-refractivity contribution >= 4 is 5.97 Å². The van der Waals surface area contributed by atoms with Crippen LogP contribution in [0, 0.1) is 57.2 Å². The molecule has 0 heterocycles. The van der Waals surface area contributed by atoms with Crippen molar-refractivity contribution < 1.29 is 15.0 Å². The quantitative estimate of drug-likeness (QED) is 0.364. The molecule has 0 bridgehead atoms. The van der Waals surface area contributed by atoms with Crippen LogP contribution < -0.4 is 0 Å². The lowest BCUT2D eigenvalue weighted by Crippen LogP contribution is -2.63. The number of carbonyl (C=O) groups is 1. The second-order valence-corrected chi connectivity index (χ2v) is 13.8. The van der Waals surface area contributed by atoms with Crippen LogP contribution in [0.1, 0.15) is 120 Å². The van der Waals surface area contributed by atoms with Crippen molar-refractivity contribution in [3.63, 3.8) is 0 Å². The van der Waals surface area contributed by atoms with E-state index >= 15 is 0 Å². The lowest BCUT2D eigenvalue weighted by molar-refractivity contribution is -0.218. The zero-order valence-electron chi connectivity index (χ0n) is 24.2.